The Labute approximate surface area is 91.7 Å². The fourth-order valence-corrected chi connectivity index (χ4v) is 1.21. The summed E-state index contributed by atoms with van der Waals surface area (Å²) in [5.41, 5.74) is -0.799. The summed E-state index contributed by atoms with van der Waals surface area (Å²) in [5, 5.41) is 8.67. The van der Waals surface area contributed by atoms with Gasteiger partial charge in [-0.2, -0.15) is 13.2 Å². The molecular weight excluding hydrogens is 221 g/mol. The van der Waals surface area contributed by atoms with E-state index in [9.17, 15) is 13.2 Å². The molecule has 16 heavy (non-hydrogen) atoms. The summed E-state index contributed by atoms with van der Waals surface area (Å²) in [5.74, 6) is -0.229. The number of rotatable bonds is 3. The van der Waals surface area contributed by atoms with Crippen LogP contribution in [0.2, 0.25) is 0 Å². The summed E-state index contributed by atoms with van der Waals surface area (Å²) >= 11 is 0. The molecule has 0 spiro atoms. The molecule has 0 saturated heterocycles. The highest BCUT2D eigenvalue weighted by Crippen LogP contribution is 2.37. The molecule has 0 unspecified atom stereocenters. The number of aliphatic hydroxyl groups is 1. The predicted octanol–water partition coefficient (Wildman–Crippen LogP) is 3.37. The van der Waals surface area contributed by atoms with E-state index < -0.39 is 11.7 Å². The monoisotopic (exact) mass is 233 g/mol. The maximum absolute atomic E-state index is 12.6. The number of ether oxygens (including phenoxy) is 1. The van der Waals surface area contributed by atoms with Gasteiger partial charge in [-0.3, -0.25) is 0 Å². The summed E-state index contributed by atoms with van der Waals surface area (Å²) in [4.78, 5) is 0. The molecule has 0 saturated carbocycles. The Morgan fingerprint density at radius 3 is 2.38 bits per heavy atom. The van der Waals surface area contributed by atoms with E-state index in [1.165, 1.54) is 12.1 Å². The molecular formula is C11H12F3O2. The van der Waals surface area contributed by atoms with Crippen LogP contribution in [0.25, 0.3) is 0 Å². The first-order chi connectivity index (χ1) is 7.34. The predicted molar refractivity (Wildman–Crippen MR) is 52.5 cm³/mol. The van der Waals surface area contributed by atoms with E-state index in [0.29, 0.717) is 6.61 Å². The molecule has 0 aliphatic carbocycles. The van der Waals surface area contributed by atoms with Crippen LogP contribution in [-0.4, -0.2) is 11.2 Å². The largest absolute Gasteiger partial charge is 0.490 e. The van der Waals surface area contributed by atoms with E-state index in [2.05, 4.69) is 0 Å². The van der Waals surface area contributed by atoms with Crippen molar-refractivity contribution in [2.24, 2.45) is 0 Å². The van der Waals surface area contributed by atoms with Gasteiger partial charge >= 0.3 is 6.18 Å². The molecule has 0 aromatic heterocycles. The minimum absolute atomic E-state index is 0.0865. The third-order valence-corrected chi connectivity index (χ3v) is 1.82. The normalized spacial score (nSPS) is 11.9. The maximum atomic E-state index is 12.6. The molecule has 5 heteroatoms. The zero-order valence-electron chi connectivity index (χ0n) is 8.88. The Balaban J connectivity index is 3.17. The van der Waals surface area contributed by atoms with E-state index in [1.807, 2.05) is 0 Å². The Morgan fingerprint density at radius 2 is 1.94 bits per heavy atom. The molecule has 1 N–H and O–H groups in total. The molecule has 0 aliphatic rings. The number of halogens is 3. The van der Waals surface area contributed by atoms with Crippen LogP contribution in [0.15, 0.2) is 18.2 Å². The van der Waals surface area contributed by atoms with Gasteiger partial charge in [0, 0.05) is 0 Å². The first-order valence-electron chi connectivity index (χ1n) is 4.70. The van der Waals surface area contributed by atoms with Crippen molar-refractivity contribution in [1.29, 1.82) is 0 Å². The Morgan fingerprint density at radius 1 is 1.31 bits per heavy atom. The van der Waals surface area contributed by atoms with Crippen LogP contribution in [0, 0.1) is 6.61 Å². The van der Waals surface area contributed by atoms with Crippen LogP contribution in [0.1, 0.15) is 25.0 Å². The van der Waals surface area contributed by atoms with Crippen molar-refractivity contribution >= 4 is 0 Å². The van der Waals surface area contributed by atoms with Gasteiger partial charge in [0.1, 0.15) is 12.4 Å². The van der Waals surface area contributed by atoms with Crippen LogP contribution in [-0.2, 0) is 6.18 Å². The van der Waals surface area contributed by atoms with Gasteiger partial charge in [0.05, 0.1) is 11.7 Å². The Hall–Kier alpha value is -1.23. The molecule has 0 heterocycles. The number of hydrogen-bond donors (Lipinski definition) is 1. The minimum Gasteiger partial charge on any atom is -0.490 e. The van der Waals surface area contributed by atoms with Crippen LogP contribution in [0.4, 0.5) is 13.2 Å². The van der Waals surface area contributed by atoms with E-state index in [1.54, 1.807) is 13.8 Å². The molecule has 0 aliphatic heterocycles. The van der Waals surface area contributed by atoms with E-state index in [-0.39, 0.29) is 17.4 Å². The molecule has 0 atom stereocenters. The number of alkyl halides is 3. The maximum Gasteiger partial charge on any atom is 0.419 e. The quantitative estimate of drug-likeness (QED) is 0.867. The fourth-order valence-electron chi connectivity index (χ4n) is 1.21. The molecule has 0 amide bonds. The lowest BCUT2D eigenvalue weighted by Crippen LogP contribution is -2.13. The van der Waals surface area contributed by atoms with Gasteiger partial charge in [0.25, 0.3) is 0 Å². The standard InChI is InChI=1S/C11H12F3O2/c1-7(2)16-10-4-3-8(6-15)5-9(10)11(12,13)14/h3-7,15H,1-2H3. The van der Waals surface area contributed by atoms with Crippen molar-refractivity contribution in [2.45, 2.75) is 26.1 Å². The number of hydrogen-bond acceptors (Lipinski definition) is 2. The summed E-state index contributed by atoms with van der Waals surface area (Å²) in [6.45, 7) is 3.91. The van der Waals surface area contributed by atoms with Gasteiger partial charge in [-0.05, 0) is 31.5 Å². The Kier molecular flexibility index (Phi) is 3.80. The molecule has 1 rings (SSSR count). The lowest BCUT2D eigenvalue weighted by atomic mass is 10.1. The van der Waals surface area contributed by atoms with Gasteiger partial charge in [0.15, 0.2) is 0 Å². The number of aliphatic hydroxyl groups excluding tert-OH is 1. The molecule has 1 aromatic rings. The SMILES string of the molecule is CC(C)Oc1ccc([CH]O)cc1C(F)(F)F. The van der Waals surface area contributed by atoms with E-state index >= 15 is 0 Å². The van der Waals surface area contributed by atoms with Crippen LogP contribution in [0.5, 0.6) is 5.75 Å². The topological polar surface area (TPSA) is 29.5 Å². The van der Waals surface area contributed by atoms with Gasteiger partial charge in [-0.1, -0.05) is 6.07 Å². The van der Waals surface area contributed by atoms with Gasteiger partial charge in [0.2, 0.25) is 0 Å². The second-order valence-corrected chi connectivity index (χ2v) is 3.55. The zero-order chi connectivity index (χ0) is 12.3. The van der Waals surface area contributed by atoms with Crippen molar-refractivity contribution in [3.05, 3.63) is 35.9 Å². The summed E-state index contributed by atoms with van der Waals surface area (Å²) in [7, 11) is 0. The smallest absolute Gasteiger partial charge is 0.419 e. The highest BCUT2D eigenvalue weighted by atomic mass is 19.4. The van der Waals surface area contributed by atoms with Crippen LogP contribution >= 0.6 is 0 Å². The van der Waals surface area contributed by atoms with E-state index in [4.69, 9.17) is 9.84 Å². The molecule has 2 nitrogen and oxygen atoms in total. The lowest BCUT2D eigenvalue weighted by Gasteiger charge is -2.16. The first kappa shape index (κ1) is 12.8. The fraction of sp³-hybridized carbons (Fsp3) is 0.364. The summed E-state index contributed by atoms with van der Waals surface area (Å²) in [6, 6.07) is 3.40. The van der Waals surface area contributed by atoms with Crippen molar-refractivity contribution in [3.63, 3.8) is 0 Å². The molecule has 0 fully saturated rings. The van der Waals surface area contributed by atoms with Gasteiger partial charge in [-0.25, -0.2) is 0 Å². The highest BCUT2D eigenvalue weighted by molar-refractivity contribution is 5.41. The highest BCUT2D eigenvalue weighted by Gasteiger charge is 2.34. The third kappa shape index (κ3) is 3.13. The van der Waals surface area contributed by atoms with Crippen molar-refractivity contribution in [3.8, 4) is 5.75 Å². The van der Waals surface area contributed by atoms with Crippen molar-refractivity contribution in [1.82, 2.24) is 0 Å². The molecule has 0 bridgehead atoms. The average Bonchev–Trinajstić information content (AvgIpc) is 2.15. The Bertz CT molecular complexity index is 359. The molecule has 1 aromatic carbocycles. The number of benzene rings is 1. The first-order valence-corrected chi connectivity index (χ1v) is 4.70. The van der Waals surface area contributed by atoms with Gasteiger partial charge < -0.3 is 9.84 Å². The van der Waals surface area contributed by atoms with Crippen molar-refractivity contribution < 1.29 is 23.0 Å². The minimum atomic E-state index is -4.50. The third-order valence-electron chi connectivity index (χ3n) is 1.82. The average molecular weight is 233 g/mol. The van der Waals surface area contributed by atoms with Gasteiger partial charge in [-0.15, -0.1) is 0 Å². The summed E-state index contributed by atoms with van der Waals surface area (Å²) < 4.78 is 43.0. The van der Waals surface area contributed by atoms with Crippen LogP contribution in [0.3, 0.4) is 0 Å². The van der Waals surface area contributed by atoms with Crippen LogP contribution < -0.4 is 4.74 Å². The summed E-state index contributed by atoms with van der Waals surface area (Å²) in [6.07, 6.45) is -4.84. The van der Waals surface area contributed by atoms with E-state index in [0.717, 1.165) is 6.07 Å². The zero-order valence-corrected chi connectivity index (χ0v) is 8.88. The second-order valence-electron chi connectivity index (χ2n) is 3.55. The molecule has 89 valence electrons. The second kappa shape index (κ2) is 4.74. The van der Waals surface area contributed by atoms with Crippen molar-refractivity contribution in [2.75, 3.05) is 0 Å². The molecule has 1 radical (unpaired) electrons. The lowest BCUT2D eigenvalue weighted by molar-refractivity contribution is -0.139.